The van der Waals surface area contributed by atoms with Gasteiger partial charge in [0.15, 0.2) is 0 Å². The summed E-state index contributed by atoms with van der Waals surface area (Å²) in [5.41, 5.74) is 16.2. The number of rotatable bonds is 8. The summed E-state index contributed by atoms with van der Waals surface area (Å²) in [6, 6.07) is 16.3. The number of aromatic nitrogens is 13. The van der Waals surface area contributed by atoms with Crippen molar-refractivity contribution in [3.05, 3.63) is 239 Å². The highest BCUT2D eigenvalue weighted by Crippen LogP contribution is 2.31. The first-order valence-corrected chi connectivity index (χ1v) is 31.3. The van der Waals surface area contributed by atoms with Gasteiger partial charge in [0, 0.05) is 111 Å². The molecule has 2 aliphatic rings. The van der Waals surface area contributed by atoms with E-state index in [9.17, 15) is 4.79 Å². The number of carbonyl (C=O) groups is 1. The highest BCUT2D eigenvalue weighted by molar-refractivity contribution is 5.83. The number of carbonyl (C=O) groups excluding carboxylic acids is 1. The lowest BCUT2D eigenvalue weighted by Gasteiger charge is -2.26. The maximum atomic E-state index is 11.3. The Morgan fingerprint density at radius 3 is 1.46 bits per heavy atom. The van der Waals surface area contributed by atoms with Gasteiger partial charge in [0.05, 0.1) is 29.5 Å². The van der Waals surface area contributed by atoms with E-state index >= 15 is 0 Å². The van der Waals surface area contributed by atoms with E-state index in [1.165, 1.54) is 50.2 Å². The van der Waals surface area contributed by atoms with Crippen molar-refractivity contribution in [2.24, 2.45) is 0 Å². The van der Waals surface area contributed by atoms with E-state index in [0.717, 1.165) is 35.5 Å². The fourth-order valence-corrected chi connectivity index (χ4v) is 8.36. The Balaban J connectivity index is 0.000000264. The minimum atomic E-state index is 0.146. The van der Waals surface area contributed by atoms with Crippen LogP contribution in [0, 0.1) is 0 Å². The maximum absolute atomic E-state index is 11.3. The van der Waals surface area contributed by atoms with E-state index in [1.54, 1.807) is 68.5 Å². The van der Waals surface area contributed by atoms with Crippen molar-refractivity contribution in [3.8, 4) is 0 Å². The first-order chi connectivity index (χ1) is 42.4. The molecule has 0 aromatic carbocycles. The Hall–Kier alpha value is -8.46. The molecule has 0 fully saturated rings. The van der Waals surface area contributed by atoms with E-state index in [1.807, 2.05) is 73.7 Å². The maximum Gasteiger partial charge on any atom is 0.139 e. The van der Waals surface area contributed by atoms with Gasteiger partial charge in [0.2, 0.25) is 0 Å². The van der Waals surface area contributed by atoms with Crippen LogP contribution in [0.5, 0.6) is 0 Å². The smallest absolute Gasteiger partial charge is 0.139 e. The lowest BCUT2D eigenvalue weighted by Crippen LogP contribution is -2.22. The summed E-state index contributed by atoms with van der Waals surface area (Å²) in [6.45, 7) is 40.9. The average Bonchev–Trinajstić information content (AvgIpc) is 1.35. The molecule has 2 aliphatic carbocycles. The largest absolute Gasteiger partial charge is 0.364 e. The predicted octanol–water partition coefficient (Wildman–Crippen LogP) is 17.8. The zero-order chi connectivity index (χ0) is 65.7. The number of Topliss-reactive ketones (excluding diaryl/α,β-unsaturated/α-hetero) is 1. The monoisotopic (exact) mass is 1200 g/mol. The highest BCUT2D eigenvalue weighted by Gasteiger charge is 2.25. The summed E-state index contributed by atoms with van der Waals surface area (Å²) in [6.07, 6.45) is 39.3. The lowest BCUT2D eigenvalue weighted by atomic mass is 9.80. The van der Waals surface area contributed by atoms with Crippen LogP contribution in [-0.2, 0) is 29.5 Å². The summed E-state index contributed by atoms with van der Waals surface area (Å²) in [7, 11) is 0. The van der Waals surface area contributed by atoms with Crippen molar-refractivity contribution in [1.29, 1.82) is 0 Å². The molecule has 9 aromatic heterocycles. The van der Waals surface area contributed by atoms with Crippen molar-refractivity contribution in [3.63, 3.8) is 0 Å². The zero-order valence-electron chi connectivity index (χ0n) is 56.7. The first-order valence-electron chi connectivity index (χ1n) is 31.3. The SMILES string of the molecule is CC(C)(C)c1ccnc2c1CCC(=O)C2.CC(C)c1cccnc1.CC(C)c1ccnc2c1C=CC2.CC(C)c1ccncc1.CC(C)c1ccncn1.CC(C)c1ccnnc1.CC(C)c1cnccn1.CC(C)c1cncnc1.CC(C)c1cnoc1. The normalized spacial score (nSPS) is 11.7. The van der Waals surface area contributed by atoms with E-state index in [4.69, 9.17) is 0 Å². The molecule has 15 heteroatoms. The van der Waals surface area contributed by atoms with Gasteiger partial charge in [-0.05, 0) is 146 Å². The minimum absolute atomic E-state index is 0.146. The molecule has 0 aliphatic heterocycles. The standard InChI is InChI=1S/C13H17NO.C11H13N.2C8H11N.4C7H10N2.C6H9NO/c1-13(2,3)11-6-7-14-12-8-9(15)4-5-10(11)12;1-8(2)9-6-7-12-11-5-3-4-10(9)11;1-7(2)8-3-5-9-6-4-8;1-7(2)8-4-3-5-9-6-8;1-6(2)7-3-8-5-9-4-7;1-6(2)7-5-8-3-4-9-7;1-6(2)7-3-4-8-5-9-7;1-6(2)7-3-4-8-9-5-7;1-5(2)6-3-7-8-4-6/h6-7H,4-5,8H2,1-3H3;3-4,6-8H,5H2,1-2H3;2*3-7H,1-2H3;4*3-6H,1-2H3;3-5H,1-2H3. The third-order valence-electron chi connectivity index (χ3n) is 14.0. The van der Waals surface area contributed by atoms with Gasteiger partial charge >= 0.3 is 0 Å². The van der Waals surface area contributed by atoms with Gasteiger partial charge in [-0.3, -0.25) is 34.7 Å². The second-order valence-electron chi connectivity index (χ2n) is 25.0. The van der Waals surface area contributed by atoms with Gasteiger partial charge in [0.1, 0.15) is 24.7 Å². The van der Waals surface area contributed by atoms with Gasteiger partial charge in [0.25, 0.3) is 0 Å². The molecule has 0 atom stereocenters. The van der Waals surface area contributed by atoms with Crippen LogP contribution in [0.1, 0.15) is 258 Å². The molecule has 0 unspecified atom stereocenters. The van der Waals surface area contributed by atoms with Gasteiger partial charge in [-0.2, -0.15) is 10.2 Å². The van der Waals surface area contributed by atoms with E-state index < -0.39 is 0 Å². The molecule has 0 N–H and O–H groups in total. The van der Waals surface area contributed by atoms with Crippen molar-refractivity contribution in [2.75, 3.05) is 0 Å². The Morgan fingerprint density at radius 1 is 0.427 bits per heavy atom. The molecule has 89 heavy (non-hydrogen) atoms. The van der Waals surface area contributed by atoms with Crippen molar-refractivity contribution >= 4 is 11.9 Å². The Labute approximate surface area is 533 Å². The molecular formula is C74H101N13O2. The number of ketones is 1. The minimum Gasteiger partial charge on any atom is -0.364 e. The average molecular weight is 1200 g/mol. The highest BCUT2D eigenvalue weighted by atomic mass is 16.5. The van der Waals surface area contributed by atoms with Gasteiger partial charge in [-0.1, -0.05) is 155 Å². The fraction of sp³-hybridized carbons (Fsp3) is 0.432. The van der Waals surface area contributed by atoms with Gasteiger partial charge < -0.3 is 4.52 Å². The van der Waals surface area contributed by atoms with Crippen LogP contribution in [0.25, 0.3) is 6.08 Å². The van der Waals surface area contributed by atoms with Crippen LogP contribution in [0.4, 0.5) is 0 Å². The molecular weight excluding hydrogens is 1100 g/mol. The number of hydrogen-bond donors (Lipinski definition) is 0. The summed E-state index contributed by atoms with van der Waals surface area (Å²) in [5, 5.41) is 11.0. The number of fused-ring (bicyclic) bond motifs is 2. The molecule has 0 saturated heterocycles. The van der Waals surface area contributed by atoms with E-state index in [0.29, 0.717) is 66.0 Å². The molecule has 474 valence electrons. The molecule has 9 heterocycles. The van der Waals surface area contributed by atoms with Crippen LogP contribution < -0.4 is 0 Å². The summed E-state index contributed by atoms with van der Waals surface area (Å²) >= 11 is 0. The summed E-state index contributed by atoms with van der Waals surface area (Å²) < 4.78 is 4.63. The van der Waals surface area contributed by atoms with E-state index in [-0.39, 0.29) is 5.41 Å². The van der Waals surface area contributed by atoms with Crippen molar-refractivity contribution < 1.29 is 9.32 Å². The van der Waals surface area contributed by atoms with Gasteiger partial charge in [-0.25, -0.2) is 19.9 Å². The fourth-order valence-electron chi connectivity index (χ4n) is 8.36. The number of pyridine rings is 4. The third kappa shape index (κ3) is 29.4. The predicted molar refractivity (Wildman–Crippen MR) is 363 cm³/mol. The Morgan fingerprint density at radius 2 is 1.02 bits per heavy atom. The summed E-state index contributed by atoms with van der Waals surface area (Å²) in [5.74, 6) is 4.75. The number of nitrogens with zero attached hydrogens (tertiary/aromatic N) is 13. The third-order valence-corrected chi connectivity index (χ3v) is 14.0. The second kappa shape index (κ2) is 40.9. The van der Waals surface area contributed by atoms with Crippen LogP contribution in [0.3, 0.4) is 0 Å². The van der Waals surface area contributed by atoms with Gasteiger partial charge in [-0.15, -0.1) is 0 Å². The Bertz CT molecular complexity index is 2940. The summed E-state index contributed by atoms with van der Waals surface area (Å²) in [4.78, 5) is 51.7. The van der Waals surface area contributed by atoms with Crippen LogP contribution in [0.2, 0.25) is 0 Å². The molecule has 9 aromatic rings. The second-order valence-corrected chi connectivity index (χ2v) is 25.0. The molecule has 11 rings (SSSR count). The number of allylic oxidation sites excluding steroid dienone is 1. The molecule has 15 nitrogen and oxygen atoms in total. The van der Waals surface area contributed by atoms with Crippen LogP contribution >= 0.6 is 0 Å². The zero-order valence-corrected chi connectivity index (χ0v) is 56.7. The first kappa shape index (κ1) is 74.8. The lowest BCUT2D eigenvalue weighted by molar-refractivity contribution is -0.118. The van der Waals surface area contributed by atoms with E-state index in [2.05, 4.69) is 232 Å². The molecule has 0 amide bonds. The van der Waals surface area contributed by atoms with Crippen molar-refractivity contribution in [1.82, 2.24) is 65.2 Å². The quantitative estimate of drug-likeness (QED) is 0.139. The molecule has 0 radical (unpaired) electrons. The van der Waals surface area contributed by atoms with Crippen molar-refractivity contribution in [2.45, 2.75) is 210 Å². The van der Waals surface area contributed by atoms with Crippen LogP contribution in [-0.4, -0.2) is 71.0 Å². The Kier molecular flexibility index (Phi) is 34.4. The molecule has 0 spiro atoms. The molecule has 0 saturated carbocycles. The van der Waals surface area contributed by atoms with Crippen LogP contribution in [0.15, 0.2) is 171 Å². The molecule has 0 bridgehead atoms. The number of hydrogen-bond acceptors (Lipinski definition) is 15. The topological polar surface area (TPSA) is 198 Å².